The molecule has 1 aliphatic rings. The highest BCUT2D eigenvalue weighted by molar-refractivity contribution is 5.75. The maximum absolute atomic E-state index is 11.8. The number of amides is 1. The van der Waals surface area contributed by atoms with Gasteiger partial charge in [0.05, 0.1) is 6.10 Å². The van der Waals surface area contributed by atoms with Gasteiger partial charge in [-0.05, 0) is 24.1 Å². The predicted molar refractivity (Wildman–Crippen MR) is 88.8 cm³/mol. The molecule has 1 atom stereocenters. The molecule has 1 amide bonds. The molecule has 0 radical (unpaired) electrons. The summed E-state index contributed by atoms with van der Waals surface area (Å²) in [5.74, 6) is 1.34. The second-order valence-corrected chi connectivity index (χ2v) is 5.89. The summed E-state index contributed by atoms with van der Waals surface area (Å²) in [4.78, 5) is 11.8. The molecule has 1 aromatic carbocycles. The second-order valence-electron chi connectivity index (χ2n) is 5.89. The molecule has 0 saturated heterocycles. The van der Waals surface area contributed by atoms with Crippen molar-refractivity contribution in [2.24, 2.45) is 0 Å². The fourth-order valence-corrected chi connectivity index (χ4v) is 2.57. The zero-order valence-electron chi connectivity index (χ0n) is 13.8. The Morgan fingerprint density at radius 3 is 2.70 bits per heavy atom. The molecule has 2 N–H and O–H groups in total. The third-order valence-corrected chi connectivity index (χ3v) is 3.95. The molecular formula is C18H27NO4. The highest BCUT2D eigenvalue weighted by Crippen LogP contribution is 2.32. The minimum absolute atomic E-state index is 0.00177. The van der Waals surface area contributed by atoms with Crippen molar-refractivity contribution in [1.82, 2.24) is 5.32 Å². The van der Waals surface area contributed by atoms with Gasteiger partial charge in [-0.2, -0.15) is 0 Å². The van der Waals surface area contributed by atoms with E-state index in [2.05, 4.69) is 12.2 Å². The number of carbonyl (C=O) groups excluding carboxylic acids is 1. The molecule has 2 rings (SSSR count). The van der Waals surface area contributed by atoms with Gasteiger partial charge in [0.2, 0.25) is 5.91 Å². The number of rotatable bonds is 9. The Bertz CT molecular complexity index is 504. The van der Waals surface area contributed by atoms with E-state index in [4.69, 9.17) is 9.47 Å². The monoisotopic (exact) mass is 321 g/mol. The van der Waals surface area contributed by atoms with Gasteiger partial charge in [0, 0.05) is 13.0 Å². The van der Waals surface area contributed by atoms with Crippen LogP contribution in [0.5, 0.6) is 11.5 Å². The molecule has 1 aliphatic heterocycles. The normalized spacial score (nSPS) is 14.3. The average Bonchev–Trinajstić information content (AvgIpc) is 2.59. The number of benzene rings is 1. The van der Waals surface area contributed by atoms with Gasteiger partial charge in [0.25, 0.3) is 0 Å². The highest BCUT2D eigenvalue weighted by atomic mass is 16.6. The van der Waals surface area contributed by atoms with Crippen LogP contribution in [0.2, 0.25) is 0 Å². The zero-order chi connectivity index (χ0) is 16.5. The van der Waals surface area contributed by atoms with Crippen LogP contribution in [0.3, 0.4) is 0 Å². The van der Waals surface area contributed by atoms with E-state index < -0.39 is 6.10 Å². The first-order valence-electron chi connectivity index (χ1n) is 8.55. The quantitative estimate of drug-likeness (QED) is 0.686. The van der Waals surface area contributed by atoms with Crippen LogP contribution in [0, 0.1) is 0 Å². The molecule has 23 heavy (non-hydrogen) atoms. The number of nitrogens with one attached hydrogen (secondary N) is 1. The molecule has 0 aliphatic carbocycles. The van der Waals surface area contributed by atoms with E-state index in [-0.39, 0.29) is 12.5 Å². The Morgan fingerprint density at radius 2 is 1.91 bits per heavy atom. The maximum atomic E-state index is 11.8. The average molecular weight is 321 g/mol. The third-order valence-electron chi connectivity index (χ3n) is 3.95. The van der Waals surface area contributed by atoms with Gasteiger partial charge in [0.15, 0.2) is 11.5 Å². The van der Waals surface area contributed by atoms with Gasteiger partial charge >= 0.3 is 0 Å². The van der Waals surface area contributed by atoms with Gasteiger partial charge in [0.1, 0.15) is 13.2 Å². The largest absolute Gasteiger partial charge is 0.486 e. The Morgan fingerprint density at radius 1 is 1.17 bits per heavy atom. The number of hydrogen-bond acceptors (Lipinski definition) is 4. The SMILES string of the molecule is CCCCCCCC(=O)NCC(O)c1ccc2c(c1)OCCO2. The van der Waals surface area contributed by atoms with Crippen LogP contribution >= 0.6 is 0 Å². The topological polar surface area (TPSA) is 67.8 Å². The number of ether oxygens (including phenoxy) is 2. The van der Waals surface area contributed by atoms with Crippen LogP contribution in [-0.2, 0) is 4.79 Å². The van der Waals surface area contributed by atoms with Crippen molar-refractivity contribution < 1.29 is 19.4 Å². The summed E-state index contributed by atoms with van der Waals surface area (Å²) in [5, 5.41) is 13.0. The third kappa shape index (κ3) is 5.75. The van der Waals surface area contributed by atoms with Crippen LogP contribution in [0.15, 0.2) is 18.2 Å². The molecule has 128 valence electrons. The van der Waals surface area contributed by atoms with Crippen molar-refractivity contribution in [3.63, 3.8) is 0 Å². The van der Waals surface area contributed by atoms with E-state index >= 15 is 0 Å². The summed E-state index contributed by atoms with van der Waals surface area (Å²) in [6.45, 7) is 3.45. The summed E-state index contributed by atoms with van der Waals surface area (Å²) < 4.78 is 11.0. The van der Waals surface area contributed by atoms with Crippen LogP contribution in [-0.4, -0.2) is 30.8 Å². The maximum Gasteiger partial charge on any atom is 0.220 e. The Hall–Kier alpha value is -1.75. The number of carbonyl (C=O) groups is 1. The molecule has 1 unspecified atom stereocenters. The number of aliphatic hydroxyl groups excluding tert-OH is 1. The summed E-state index contributed by atoms with van der Waals surface area (Å²) in [6.07, 6.45) is 5.40. The van der Waals surface area contributed by atoms with Crippen LogP contribution in [0.25, 0.3) is 0 Å². The fraction of sp³-hybridized carbons (Fsp3) is 0.611. The molecule has 0 aromatic heterocycles. The zero-order valence-corrected chi connectivity index (χ0v) is 13.8. The van der Waals surface area contributed by atoms with Crippen molar-refractivity contribution in [1.29, 1.82) is 0 Å². The van der Waals surface area contributed by atoms with Crippen molar-refractivity contribution in [2.45, 2.75) is 51.6 Å². The number of aliphatic hydroxyl groups is 1. The van der Waals surface area contributed by atoms with E-state index in [1.807, 2.05) is 0 Å². The molecule has 0 saturated carbocycles. The standard InChI is InChI=1S/C18H27NO4/c1-2-3-4-5-6-7-18(21)19-13-15(20)14-8-9-16-17(12-14)23-11-10-22-16/h8-9,12,15,20H,2-7,10-11,13H2,1H3,(H,19,21). The molecule has 0 fully saturated rings. The first-order valence-corrected chi connectivity index (χ1v) is 8.55. The van der Waals surface area contributed by atoms with Crippen molar-refractivity contribution in [3.05, 3.63) is 23.8 Å². The van der Waals surface area contributed by atoms with Crippen molar-refractivity contribution in [3.8, 4) is 11.5 Å². The van der Waals surface area contributed by atoms with Crippen molar-refractivity contribution in [2.75, 3.05) is 19.8 Å². The predicted octanol–water partition coefficient (Wildman–Crippen LogP) is 2.97. The second kappa shape index (κ2) is 9.40. The Kier molecular flexibility index (Phi) is 7.20. The van der Waals surface area contributed by atoms with Crippen LogP contribution in [0.1, 0.15) is 57.1 Å². The minimum atomic E-state index is -0.741. The number of hydrogen-bond donors (Lipinski definition) is 2. The summed E-state index contributed by atoms with van der Waals surface area (Å²) in [6, 6.07) is 5.37. The van der Waals surface area contributed by atoms with E-state index in [0.29, 0.717) is 31.1 Å². The van der Waals surface area contributed by atoms with Crippen LogP contribution < -0.4 is 14.8 Å². The number of fused-ring (bicyclic) bond motifs is 1. The van der Waals surface area contributed by atoms with E-state index in [1.165, 1.54) is 19.3 Å². The lowest BCUT2D eigenvalue weighted by molar-refractivity contribution is -0.121. The molecular weight excluding hydrogens is 294 g/mol. The smallest absolute Gasteiger partial charge is 0.220 e. The molecule has 5 nitrogen and oxygen atoms in total. The van der Waals surface area contributed by atoms with Gasteiger partial charge < -0.3 is 19.9 Å². The summed E-state index contributed by atoms with van der Waals surface area (Å²) in [7, 11) is 0. The molecule has 0 bridgehead atoms. The molecule has 0 spiro atoms. The molecule has 1 aromatic rings. The lowest BCUT2D eigenvalue weighted by Crippen LogP contribution is -2.28. The Labute approximate surface area is 138 Å². The first-order chi connectivity index (χ1) is 11.2. The summed E-state index contributed by atoms with van der Waals surface area (Å²) >= 11 is 0. The molecule has 1 heterocycles. The first kappa shape index (κ1) is 17.6. The molecule has 5 heteroatoms. The van der Waals surface area contributed by atoms with E-state index in [1.54, 1.807) is 18.2 Å². The van der Waals surface area contributed by atoms with Gasteiger partial charge in [-0.3, -0.25) is 4.79 Å². The van der Waals surface area contributed by atoms with E-state index in [0.717, 1.165) is 18.4 Å². The van der Waals surface area contributed by atoms with Gasteiger partial charge in [-0.15, -0.1) is 0 Å². The lowest BCUT2D eigenvalue weighted by atomic mass is 10.1. The highest BCUT2D eigenvalue weighted by Gasteiger charge is 2.15. The van der Waals surface area contributed by atoms with E-state index in [9.17, 15) is 9.90 Å². The van der Waals surface area contributed by atoms with Crippen molar-refractivity contribution >= 4 is 5.91 Å². The lowest BCUT2D eigenvalue weighted by Gasteiger charge is -2.20. The van der Waals surface area contributed by atoms with Gasteiger partial charge in [-0.1, -0.05) is 38.7 Å². The number of unbranched alkanes of at least 4 members (excludes halogenated alkanes) is 4. The van der Waals surface area contributed by atoms with Gasteiger partial charge in [-0.25, -0.2) is 0 Å². The summed E-state index contributed by atoms with van der Waals surface area (Å²) in [5.41, 5.74) is 0.720. The fourth-order valence-electron chi connectivity index (χ4n) is 2.57. The van der Waals surface area contributed by atoms with Crippen LogP contribution in [0.4, 0.5) is 0 Å². The minimum Gasteiger partial charge on any atom is -0.486 e. The Balaban J connectivity index is 1.72.